The monoisotopic (exact) mass is 288 g/mol. The number of nitrogens with zero attached hydrogens (tertiary/aromatic N) is 3. The molecule has 1 saturated carbocycles. The largest absolute Gasteiger partial charge is 0.339 e. The lowest BCUT2D eigenvalue weighted by Crippen LogP contribution is -2.17. The quantitative estimate of drug-likeness (QED) is 0.938. The molecule has 0 unspecified atom stereocenters. The molecule has 0 bridgehead atoms. The van der Waals surface area contributed by atoms with Crippen molar-refractivity contribution in [2.24, 2.45) is 11.8 Å². The van der Waals surface area contributed by atoms with Gasteiger partial charge in [0.2, 0.25) is 11.7 Å². The highest BCUT2D eigenvalue weighted by atomic mass is 16.5. The van der Waals surface area contributed by atoms with Crippen LogP contribution in [0.3, 0.4) is 0 Å². The van der Waals surface area contributed by atoms with Crippen molar-refractivity contribution in [3.63, 3.8) is 0 Å². The summed E-state index contributed by atoms with van der Waals surface area (Å²) in [6.45, 7) is 4.58. The van der Waals surface area contributed by atoms with Crippen molar-refractivity contribution in [3.05, 3.63) is 28.4 Å². The van der Waals surface area contributed by atoms with Gasteiger partial charge in [0.15, 0.2) is 0 Å². The predicted octanol–water partition coefficient (Wildman–Crippen LogP) is 2.75. The second-order valence-electron chi connectivity index (χ2n) is 6.12. The lowest BCUT2D eigenvalue weighted by molar-refractivity contribution is 0.231. The van der Waals surface area contributed by atoms with Crippen LogP contribution < -0.4 is 5.56 Å². The summed E-state index contributed by atoms with van der Waals surface area (Å²) in [7, 11) is 0. The molecule has 0 atom stereocenters. The highest BCUT2D eigenvalue weighted by molar-refractivity contribution is 5.46. The van der Waals surface area contributed by atoms with Gasteiger partial charge in [-0.3, -0.25) is 4.79 Å². The van der Waals surface area contributed by atoms with Crippen LogP contribution in [0.5, 0.6) is 0 Å². The number of hydrogen-bond donors (Lipinski definition) is 1. The molecule has 1 aliphatic carbocycles. The molecule has 1 N–H and O–H groups in total. The summed E-state index contributed by atoms with van der Waals surface area (Å²) in [4.78, 5) is 15.5. The molecular weight excluding hydrogens is 268 g/mol. The van der Waals surface area contributed by atoms with Crippen molar-refractivity contribution < 1.29 is 4.52 Å². The molecule has 1 aliphatic rings. The third-order valence-electron chi connectivity index (χ3n) is 4.41. The van der Waals surface area contributed by atoms with Crippen LogP contribution in [0.4, 0.5) is 0 Å². The molecule has 2 aromatic heterocycles. The molecule has 0 aromatic carbocycles. The first-order chi connectivity index (χ1) is 10.1. The zero-order chi connectivity index (χ0) is 14.8. The highest BCUT2D eigenvalue weighted by Crippen LogP contribution is 2.38. The van der Waals surface area contributed by atoms with Gasteiger partial charge in [0.25, 0.3) is 5.56 Å². The molecule has 1 fully saturated rings. The molecular formula is C15H20N4O2. The third-order valence-corrected chi connectivity index (χ3v) is 4.41. The smallest absolute Gasteiger partial charge is 0.264 e. The van der Waals surface area contributed by atoms with Gasteiger partial charge in [0, 0.05) is 12.0 Å². The van der Waals surface area contributed by atoms with Gasteiger partial charge < -0.3 is 4.52 Å². The third kappa shape index (κ3) is 3.04. The van der Waals surface area contributed by atoms with Crippen molar-refractivity contribution in [1.82, 2.24) is 20.3 Å². The summed E-state index contributed by atoms with van der Waals surface area (Å²) in [5.41, 5.74) is 0.287. The molecule has 112 valence electrons. The Morgan fingerprint density at radius 1 is 1.24 bits per heavy atom. The molecule has 0 radical (unpaired) electrons. The standard InChI is InChI=1S/C15H20N4O2/c1-9(2)10-3-5-11(6-4-10)15-16-14(19-21-15)12-7-8-13(20)18-17-12/h7-11H,3-6H2,1-2H3,(H,18,20). The van der Waals surface area contributed by atoms with E-state index in [-0.39, 0.29) is 5.56 Å². The number of aromatic nitrogens is 4. The van der Waals surface area contributed by atoms with Crippen molar-refractivity contribution >= 4 is 0 Å². The summed E-state index contributed by atoms with van der Waals surface area (Å²) in [6, 6.07) is 3.01. The Balaban J connectivity index is 1.71. The van der Waals surface area contributed by atoms with Gasteiger partial charge in [0.05, 0.1) is 0 Å². The van der Waals surface area contributed by atoms with E-state index in [0.717, 1.165) is 24.7 Å². The van der Waals surface area contributed by atoms with Crippen LogP contribution in [0.25, 0.3) is 11.5 Å². The molecule has 0 amide bonds. The topological polar surface area (TPSA) is 84.7 Å². The predicted molar refractivity (Wildman–Crippen MR) is 77.7 cm³/mol. The highest BCUT2D eigenvalue weighted by Gasteiger charge is 2.28. The van der Waals surface area contributed by atoms with Crippen LogP contribution in [-0.2, 0) is 0 Å². The van der Waals surface area contributed by atoms with Crippen molar-refractivity contribution in [2.75, 3.05) is 0 Å². The maximum Gasteiger partial charge on any atom is 0.264 e. The molecule has 2 heterocycles. The summed E-state index contributed by atoms with van der Waals surface area (Å²) >= 11 is 0. The molecule has 21 heavy (non-hydrogen) atoms. The average Bonchev–Trinajstić information content (AvgIpc) is 2.98. The summed E-state index contributed by atoms with van der Waals surface area (Å²) in [5.74, 6) is 3.04. The normalized spacial score (nSPS) is 22.6. The fraction of sp³-hybridized carbons (Fsp3) is 0.600. The van der Waals surface area contributed by atoms with Crippen molar-refractivity contribution in [3.8, 4) is 11.5 Å². The van der Waals surface area contributed by atoms with Gasteiger partial charge in [0.1, 0.15) is 5.69 Å². The van der Waals surface area contributed by atoms with Gasteiger partial charge >= 0.3 is 0 Å². The summed E-state index contributed by atoms with van der Waals surface area (Å²) < 4.78 is 5.39. The Kier molecular flexibility index (Phi) is 3.86. The SMILES string of the molecule is CC(C)C1CCC(c2nc(-c3ccc(=O)[nH]n3)no2)CC1. The van der Waals surface area contributed by atoms with E-state index in [9.17, 15) is 4.79 Å². The minimum absolute atomic E-state index is 0.241. The van der Waals surface area contributed by atoms with Gasteiger partial charge in [-0.05, 0) is 43.6 Å². The van der Waals surface area contributed by atoms with Crippen LogP contribution in [0.1, 0.15) is 51.3 Å². The Morgan fingerprint density at radius 2 is 2.00 bits per heavy atom. The average molecular weight is 288 g/mol. The van der Waals surface area contributed by atoms with Crippen LogP contribution in [0.15, 0.2) is 21.5 Å². The summed E-state index contributed by atoms with van der Waals surface area (Å²) in [5, 5.41) is 10.3. The first kappa shape index (κ1) is 14.0. The van der Waals surface area contributed by atoms with Crippen LogP contribution in [0, 0.1) is 11.8 Å². The number of rotatable bonds is 3. The van der Waals surface area contributed by atoms with Gasteiger partial charge in [-0.1, -0.05) is 19.0 Å². The van der Waals surface area contributed by atoms with E-state index in [4.69, 9.17) is 4.52 Å². The minimum Gasteiger partial charge on any atom is -0.339 e. The van der Waals surface area contributed by atoms with E-state index in [1.165, 1.54) is 18.9 Å². The lowest BCUT2D eigenvalue weighted by atomic mass is 9.77. The van der Waals surface area contributed by atoms with Crippen molar-refractivity contribution in [1.29, 1.82) is 0 Å². The van der Waals surface area contributed by atoms with E-state index in [1.54, 1.807) is 6.07 Å². The van der Waals surface area contributed by atoms with Gasteiger partial charge in [-0.15, -0.1) is 0 Å². The molecule has 0 saturated heterocycles. The van der Waals surface area contributed by atoms with E-state index < -0.39 is 0 Å². The Hall–Kier alpha value is -1.98. The molecule has 0 aliphatic heterocycles. The molecule has 6 nitrogen and oxygen atoms in total. The molecule has 2 aromatic rings. The second kappa shape index (κ2) is 5.79. The zero-order valence-corrected chi connectivity index (χ0v) is 12.4. The molecule has 6 heteroatoms. The number of H-pyrrole nitrogens is 1. The second-order valence-corrected chi connectivity index (χ2v) is 6.12. The molecule has 3 rings (SSSR count). The van der Waals surface area contributed by atoms with E-state index in [1.807, 2.05) is 0 Å². The Bertz CT molecular complexity index is 633. The van der Waals surface area contributed by atoms with E-state index in [0.29, 0.717) is 23.3 Å². The maximum absolute atomic E-state index is 11.0. The van der Waals surface area contributed by atoms with Gasteiger partial charge in [-0.2, -0.15) is 10.1 Å². The summed E-state index contributed by atoms with van der Waals surface area (Å²) in [6.07, 6.45) is 4.64. The maximum atomic E-state index is 11.0. The Labute approximate surface area is 123 Å². The molecule has 0 spiro atoms. The van der Waals surface area contributed by atoms with Crippen LogP contribution in [0.2, 0.25) is 0 Å². The van der Waals surface area contributed by atoms with Gasteiger partial charge in [-0.25, -0.2) is 5.10 Å². The van der Waals surface area contributed by atoms with Crippen LogP contribution in [-0.4, -0.2) is 20.3 Å². The minimum atomic E-state index is -0.241. The first-order valence-corrected chi connectivity index (χ1v) is 7.53. The fourth-order valence-electron chi connectivity index (χ4n) is 3.01. The van der Waals surface area contributed by atoms with Crippen LogP contribution >= 0.6 is 0 Å². The van der Waals surface area contributed by atoms with Crippen molar-refractivity contribution in [2.45, 2.75) is 45.4 Å². The fourth-order valence-corrected chi connectivity index (χ4v) is 3.01. The zero-order valence-electron chi connectivity index (χ0n) is 12.4. The number of nitrogens with one attached hydrogen (secondary N) is 1. The number of aromatic amines is 1. The van der Waals surface area contributed by atoms with E-state index in [2.05, 4.69) is 34.2 Å². The first-order valence-electron chi connectivity index (χ1n) is 7.53. The number of hydrogen-bond acceptors (Lipinski definition) is 5. The van der Waals surface area contributed by atoms with E-state index >= 15 is 0 Å². The lowest BCUT2D eigenvalue weighted by Gasteiger charge is -2.28. The Morgan fingerprint density at radius 3 is 2.62 bits per heavy atom.